The molecule has 0 saturated carbocycles. The van der Waals surface area contributed by atoms with E-state index in [9.17, 15) is 9.90 Å². The summed E-state index contributed by atoms with van der Waals surface area (Å²) in [5, 5.41) is 10.7. The lowest BCUT2D eigenvalue weighted by molar-refractivity contribution is 0.303. The molecule has 1 heterocycles. The number of ether oxygens (including phenoxy) is 2. The van der Waals surface area contributed by atoms with Crippen molar-refractivity contribution in [3.05, 3.63) is 63.5 Å². The van der Waals surface area contributed by atoms with Gasteiger partial charge in [0.25, 0.3) is 0 Å². The molecule has 0 unspecified atom stereocenters. The van der Waals surface area contributed by atoms with Gasteiger partial charge in [0.1, 0.15) is 11.3 Å². The molecule has 0 aliphatic rings. The van der Waals surface area contributed by atoms with E-state index in [0.29, 0.717) is 35.7 Å². The van der Waals surface area contributed by atoms with Crippen molar-refractivity contribution in [3.63, 3.8) is 0 Å². The van der Waals surface area contributed by atoms with Crippen LogP contribution in [0.15, 0.2) is 45.6 Å². The zero-order chi connectivity index (χ0) is 19.6. The minimum absolute atomic E-state index is 0.109. The predicted molar refractivity (Wildman–Crippen MR) is 104 cm³/mol. The summed E-state index contributed by atoms with van der Waals surface area (Å²) < 4.78 is 16.2. The molecule has 3 rings (SSSR count). The Morgan fingerprint density at radius 2 is 1.81 bits per heavy atom. The van der Waals surface area contributed by atoms with Crippen molar-refractivity contribution in [1.82, 2.24) is 4.90 Å². The highest BCUT2D eigenvalue weighted by atomic mass is 16.5. The molecule has 0 atom stereocenters. The van der Waals surface area contributed by atoms with Crippen LogP contribution in [0.2, 0.25) is 0 Å². The number of fused-ring (bicyclic) bond motifs is 1. The highest BCUT2D eigenvalue weighted by Gasteiger charge is 2.15. The van der Waals surface area contributed by atoms with Crippen LogP contribution in [0.1, 0.15) is 16.7 Å². The smallest absolute Gasteiger partial charge is 0.336 e. The zero-order valence-electron chi connectivity index (χ0n) is 15.9. The van der Waals surface area contributed by atoms with E-state index in [1.165, 1.54) is 6.07 Å². The van der Waals surface area contributed by atoms with Crippen LogP contribution in [-0.2, 0) is 13.1 Å². The average molecular weight is 369 g/mol. The van der Waals surface area contributed by atoms with Gasteiger partial charge in [0, 0.05) is 35.7 Å². The van der Waals surface area contributed by atoms with E-state index in [0.717, 1.165) is 16.5 Å². The number of aryl methyl sites for hydroxylation is 1. The first-order chi connectivity index (χ1) is 12.9. The molecule has 0 saturated heterocycles. The second-order valence-electron chi connectivity index (χ2n) is 6.50. The van der Waals surface area contributed by atoms with Crippen molar-refractivity contribution in [2.45, 2.75) is 20.0 Å². The third kappa shape index (κ3) is 3.75. The first kappa shape index (κ1) is 18.8. The van der Waals surface area contributed by atoms with Crippen LogP contribution in [0, 0.1) is 6.92 Å². The molecule has 0 bridgehead atoms. The van der Waals surface area contributed by atoms with Crippen LogP contribution in [0.25, 0.3) is 11.0 Å². The summed E-state index contributed by atoms with van der Waals surface area (Å²) in [6, 6.07) is 10.6. The van der Waals surface area contributed by atoms with Crippen LogP contribution in [0.4, 0.5) is 0 Å². The Labute approximate surface area is 157 Å². The fourth-order valence-corrected chi connectivity index (χ4v) is 3.26. The van der Waals surface area contributed by atoms with E-state index < -0.39 is 5.63 Å². The maximum absolute atomic E-state index is 12.0. The fourth-order valence-electron chi connectivity index (χ4n) is 3.26. The molecule has 0 radical (unpaired) electrons. The molecule has 0 spiro atoms. The number of rotatable bonds is 6. The molecule has 1 N–H and O–H groups in total. The van der Waals surface area contributed by atoms with Crippen molar-refractivity contribution < 1.29 is 19.0 Å². The number of hydrogen-bond donors (Lipinski definition) is 1. The number of methoxy groups -OCH3 is 2. The Kier molecular flexibility index (Phi) is 5.37. The second-order valence-corrected chi connectivity index (χ2v) is 6.50. The maximum Gasteiger partial charge on any atom is 0.336 e. The van der Waals surface area contributed by atoms with Gasteiger partial charge in [0.15, 0.2) is 11.5 Å². The van der Waals surface area contributed by atoms with Gasteiger partial charge in [-0.25, -0.2) is 4.79 Å². The number of phenolic OH excluding ortho intramolecular Hbond substituents is 1. The molecule has 0 aliphatic heterocycles. The van der Waals surface area contributed by atoms with Crippen molar-refractivity contribution >= 4 is 11.0 Å². The molecular formula is C21H23NO5. The highest BCUT2D eigenvalue weighted by molar-refractivity contribution is 5.84. The number of hydrogen-bond acceptors (Lipinski definition) is 6. The largest absolute Gasteiger partial charge is 0.508 e. The van der Waals surface area contributed by atoms with E-state index in [-0.39, 0.29) is 5.75 Å². The van der Waals surface area contributed by atoms with Crippen molar-refractivity contribution in [3.8, 4) is 17.2 Å². The quantitative estimate of drug-likeness (QED) is 0.671. The lowest BCUT2D eigenvalue weighted by Gasteiger charge is -2.20. The van der Waals surface area contributed by atoms with Gasteiger partial charge in [0.05, 0.1) is 14.2 Å². The zero-order valence-corrected chi connectivity index (χ0v) is 15.9. The van der Waals surface area contributed by atoms with Gasteiger partial charge in [-0.1, -0.05) is 12.1 Å². The summed E-state index contributed by atoms with van der Waals surface area (Å²) in [5.41, 5.74) is 2.38. The Bertz CT molecular complexity index is 1020. The molecule has 6 heteroatoms. The lowest BCUT2D eigenvalue weighted by atomic mass is 10.1. The Balaban J connectivity index is 1.92. The molecule has 3 aromatic rings. The summed E-state index contributed by atoms with van der Waals surface area (Å²) in [4.78, 5) is 14.1. The average Bonchev–Trinajstić information content (AvgIpc) is 2.64. The summed E-state index contributed by atoms with van der Waals surface area (Å²) in [6.07, 6.45) is 0. The summed E-state index contributed by atoms with van der Waals surface area (Å²) in [7, 11) is 5.19. The fraction of sp³-hybridized carbons (Fsp3) is 0.286. The van der Waals surface area contributed by atoms with Gasteiger partial charge < -0.3 is 19.0 Å². The van der Waals surface area contributed by atoms with Gasteiger partial charge in [-0.15, -0.1) is 0 Å². The molecule has 27 heavy (non-hydrogen) atoms. The van der Waals surface area contributed by atoms with Crippen molar-refractivity contribution in [2.75, 3.05) is 21.3 Å². The minimum atomic E-state index is -0.432. The molecular weight excluding hydrogens is 346 g/mol. The number of phenols is 1. The van der Waals surface area contributed by atoms with Gasteiger partial charge in [0.2, 0.25) is 0 Å². The topological polar surface area (TPSA) is 72.1 Å². The Morgan fingerprint density at radius 3 is 2.52 bits per heavy atom. The lowest BCUT2D eigenvalue weighted by Crippen LogP contribution is -2.19. The molecule has 2 aromatic carbocycles. The molecule has 0 aliphatic carbocycles. The number of benzene rings is 2. The standard InChI is InChI=1S/C21H23NO5/c1-13-17(23)9-8-16-15(10-19(24)27-20(13)16)12-22(2)11-14-6-5-7-18(25-3)21(14)26-4/h5-10,23H,11-12H2,1-4H3. The first-order valence-corrected chi connectivity index (χ1v) is 8.58. The highest BCUT2D eigenvalue weighted by Crippen LogP contribution is 2.32. The van der Waals surface area contributed by atoms with Gasteiger partial charge in [-0.3, -0.25) is 4.90 Å². The van der Waals surface area contributed by atoms with E-state index in [1.54, 1.807) is 33.3 Å². The van der Waals surface area contributed by atoms with Crippen LogP contribution in [0.3, 0.4) is 0 Å². The van der Waals surface area contributed by atoms with Crippen molar-refractivity contribution in [1.29, 1.82) is 0 Å². The summed E-state index contributed by atoms with van der Waals surface area (Å²) in [5.74, 6) is 1.49. The predicted octanol–water partition coefficient (Wildman–Crippen LogP) is 3.46. The van der Waals surface area contributed by atoms with Crippen LogP contribution in [-0.4, -0.2) is 31.3 Å². The molecule has 0 amide bonds. The number of para-hydroxylation sites is 1. The van der Waals surface area contributed by atoms with E-state index in [1.807, 2.05) is 25.2 Å². The van der Waals surface area contributed by atoms with Crippen LogP contribution >= 0.6 is 0 Å². The number of aromatic hydroxyl groups is 1. The number of nitrogens with zero attached hydrogens (tertiary/aromatic N) is 1. The van der Waals surface area contributed by atoms with E-state index in [4.69, 9.17) is 13.9 Å². The first-order valence-electron chi connectivity index (χ1n) is 8.58. The third-order valence-corrected chi connectivity index (χ3v) is 4.58. The second kappa shape index (κ2) is 7.72. The Hall–Kier alpha value is -2.99. The molecule has 142 valence electrons. The van der Waals surface area contributed by atoms with E-state index in [2.05, 4.69) is 4.90 Å². The monoisotopic (exact) mass is 369 g/mol. The summed E-state index contributed by atoms with van der Waals surface area (Å²) >= 11 is 0. The molecule has 6 nitrogen and oxygen atoms in total. The maximum atomic E-state index is 12.0. The minimum Gasteiger partial charge on any atom is -0.508 e. The summed E-state index contributed by atoms with van der Waals surface area (Å²) in [6.45, 7) is 2.88. The van der Waals surface area contributed by atoms with Crippen LogP contribution < -0.4 is 15.1 Å². The van der Waals surface area contributed by atoms with Crippen molar-refractivity contribution in [2.24, 2.45) is 0 Å². The van der Waals surface area contributed by atoms with Gasteiger partial charge in [-0.05, 0) is 37.7 Å². The normalized spacial score (nSPS) is 11.1. The molecule has 0 fully saturated rings. The van der Waals surface area contributed by atoms with Gasteiger partial charge >= 0.3 is 5.63 Å². The third-order valence-electron chi connectivity index (χ3n) is 4.58. The SMILES string of the molecule is COc1cccc(CN(C)Cc2cc(=O)oc3c(C)c(O)ccc23)c1OC. The molecule has 1 aromatic heterocycles. The Morgan fingerprint density at radius 1 is 1.07 bits per heavy atom. The van der Waals surface area contributed by atoms with Crippen LogP contribution in [0.5, 0.6) is 17.2 Å². The van der Waals surface area contributed by atoms with Gasteiger partial charge in [-0.2, -0.15) is 0 Å². The van der Waals surface area contributed by atoms with E-state index >= 15 is 0 Å².